The molecule has 1 aliphatic heterocycles. The molecule has 23 heavy (non-hydrogen) atoms. The quantitative estimate of drug-likeness (QED) is 0.841. The minimum absolute atomic E-state index is 0.0848. The molecular formula is C16H24N6O. The molecule has 1 fully saturated rings. The van der Waals surface area contributed by atoms with E-state index in [-0.39, 0.29) is 5.91 Å². The molecule has 124 valence electrons. The predicted octanol–water partition coefficient (Wildman–Crippen LogP) is 0.903. The van der Waals surface area contributed by atoms with Crippen LogP contribution in [0.15, 0.2) is 18.5 Å². The molecule has 2 aromatic rings. The summed E-state index contributed by atoms with van der Waals surface area (Å²) in [6, 6.07) is 1.80. The summed E-state index contributed by atoms with van der Waals surface area (Å²) in [5.41, 5.74) is 3.03. The van der Waals surface area contributed by atoms with Gasteiger partial charge in [-0.15, -0.1) is 0 Å². The van der Waals surface area contributed by atoms with Crippen LogP contribution in [0.25, 0.3) is 0 Å². The molecule has 2 aromatic heterocycles. The van der Waals surface area contributed by atoms with E-state index < -0.39 is 0 Å². The second kappa shape index (κ2) is 6.54. The van der Waals surface area contributed by atoms with Gasteiger partial charge in [0.15, 0.2) is 0 Å². The summed E-state index contributed by atoms with van der Waals surface area (Å²) in [5, 5.41) is 8.57. The monoisotopic (exact) mass is 316 g/mol. The van der Waals surface area contributed by atoms with Gasteiger partial charge in [0.25, 0.3) is 5.91 Å². The van der Waals surface area contributed by atoms with Crippen LogP contribution in [-0.4, -0.2) is 61.4 Å². The van der Waals surface area contributed by atoms with E-state index in [1.807, 2.05) is 30.5 Å². The van der Waals surface area contributed by atoms with Crippen molar-refractivity contribution < 1.29 is 4.79 Å². The van der Waals surface area contributed by atoms with E-state index in [2.05, 4.69) is 21.3 Å². The molecule has 1 amide bonds. The Morgan fingerprint density at radius 2 is 2.00 bits per heavy atom. The van der Waals surface area contributed by atoms with E-state index in [4.69, 9.17) is 0 Å². The van der Waals surface area contributed by atoms with E-state index in [1.54, 1.807) is 16.9 Å². The van der Waals surface area contributed by atoms with Gasteiger partial charge >= 0.3 is 0 Å². The third-order valence-electron chi connectivity index (χ3n) is 4.40. The highest BCUT2D eigenvalue weighted by Crippen LogP contribution is 2.13. The molecule has 0 bridgehead atoms. The number of nitrogens with zero attached hydrogens (tertiary/aromatic N) is 6. The molecule has 3 rings (SSSR count). The number of hydrogen-bond donors (Lipinski definition) is 0. The SMILES string of the molecule is CCn1nccc1C(=O)N1CCN(Cc2cn(C)nc2C)CC1. The van der Waals surface area contributed by atoms with Crippen LogP contribution in [0, 0.1) is 6.92 Å². The summed E-state index contributed by atoms with van der Waals surface area (Å²) in [6.07, 6.45) is 3.77. The van der Waals surface area contributed by atoms with Crippen molar-refractivity contribution in [2.24, 2.45) is 7.05 Å². The Hall–Kier alpha value is -2.15. The zero-order chi connectivity index (χ0) is 16.4. The number of amides is 1. The van der Waals surface area contributed by atoms with Crippen molar-refractivity contribution in [3.05, 3.63) is 35.4 Å². The highest BCUT2D eigenvalue weighted by Gasteiger charge is 2.24. The highest BCUT2D eigenvalue weighted by atomic mass is 16.2. The van der Waals surface area contributed by atoms with Gasteiger partial charge in [0.2, 0.25) is 0 Å². The lowest BCUT2D eigenvalue weighted by molar-refractivity contribution is 0.0616. The van der Waals surface area contributed by atoms with E-state index in [0.717, 1.165) is 38.4 Å². The number of carbonyl (C=O) groups is 1. The van der Waals surface area contributed by atoms with Crippen molar-refractivity contribution in [3.8, 4) is 0 Å². The second-order valence-electron chi connectivity index (χ2n) is 6.01. The lowest BCUT2D eigenvalue weighted by Crippen LogP contribution is -2.48. The first-order chi connectivity index (χ1) is 11.1. The van der Waals surface area contributed by atoms with Crippen LogP contribution in [0.1, 0.15) is 28.7 Å². The number of aryl methyl sites for hydroxylation is 3. The minimum atomic E-state index is 0.0848. The lowest BCUT2D eigenvalue weighted by atomic mass is 10.2. The van der Waals surface area contributed by atoms with Gasteiger partial charge in [0, 0.05) is 64.3 Å². The number of piperazine rings is 1. The minimum Gasteiger partial charge on any atom is -0.335 e. The zero-order valence-corrected chi connectivity index (χ0v) is 14.1. The zero-order valence-electron chi connectivity index (χ0n) is 14.1. The summed E-state index contributed by atoms with van der Waals surface area (Å²) in [6.45, 7) is 8.95. The van der Waals surface area contributed by atoms with Crippen LogP contribution in [0.3, 0.4) is 0 Å². The molecule has 0 radical (unpaired) electrons. The van der Waals surface area contributed by atoms with Crippen LogP contribution < -0.4 is 0 Å². The average Bonchev–Trinajstić information content (AvgIpc) is 3.14. The van der Waals surface area contributed by atoms with Crippen LogP contribution in [0.2, 0.25) is 0 Å². The van der Waals surface area contributed by atoms with Gasteiger partial charge < -0.3 is 4.90 Å². The largest absolute Gasteiger partial charge is 0.335 e. The molecule has 0 atom stereocenters. The normalized spacial score (nSPS) is 16.0. The van der Waals surface area contributed by atoms with Gasteiger partial charge in [-0.05, 0) is 19.9 Å². The Morgan fingerprint density at radius 1 is 1.26 bits per heavy atom. The highest BCUT2D eigenvalue weighted by molar-refractivity contribution is 5.92. The Kier molecular flexibility index (Phi) is 4.47. The van der Waals surface area contributed by atoms with Crippen molar-refractivity contribution in [3.63, 3.8) is 0 Å². The van der Waals surface area contributed by atoms with Gasteiger partial charge in [-0.1, -0.05) is 0 Å². The fourth-order valence-electron chi connectivity index (χ4n) is 3.08. The van der Waals surface area contributed by atoms with Crippen molar-refractivity contribution in [2.45, 2.75) is 26.9 Å². The molecule has 0 spiro atoms. The lowest BCUT2D eigenvalue weighted by Gasteiger charge is -2.34. The van der Waals surface area contributed by atoms with Crippen LogP contribution in [0.5, 0.6) is 0 Å². The van der Waals surface area contributed by atoms with Crippen molar-refractivity contribution >= 4 is 5.91 Å². The topological polar surface area (TPSA) is 59.2 Å². The molecule has 1 aliphatic rings. The van der Waals surface area contributed by atoms with Crippen molar-refractivity contribution in [2.75, 3.05) is 26.2 Å². The number of aromatic nitrogens is 4. The van der Waals surface area contributed by atoms with Gasteiger partial charge in [-0.25, -0.2) is 0 Å². The maximum Gasteiger partial charge on any atom is 0.272 e. The standard InChI is InChI=1S/C16H24N6O/c1-4-22-15(5-6-17-22)16(23)21-9-7-20(8-10-21)12-14-11-19(3)18-13(14)2/h5-6,11H,4,7-10,12H2,1-3H3. The summed E-state index contributed by atoms with van der Waals surface area (Å²) in [4.78, 5) is 16.9. The Labute approximate surface area is 136 Å². The molecule has 3 heterocycles. The van der Waals surface area contributed by atoms with E-state index in [9.17, 15) is 4.79 Å². The van der Waals surface area contributed by atoms with Gasteiger partial charge in [-0.3, -0.25) is 19.1 Å². The third kappa shape index (κ3) is 3.29. The fraction of sp³-hybridized carbons (Fsp3) is 0.562. The Balaban J connectivity index is 1.58. The van der Waals surface area contributed by atoms with Crippen molar-refractivity contribution in [1.82, 2.24) is 29.4 Å². The molecule has 1 saturated heterocycles. The van der Waals surface area contributed by atoms with Crippen LogP contribution in [-0.2, 0) is 20.1 Å². The first kappa shape index (κ1) is 15.7. The number of rotatable bonds is 4. The molecule has 0 aliphatic carbocycles. The van der Waals surface area contributed by atoms with Crippen LogP contribution in [0.4, 0.5) is 0 Å². The molecule has 7 nitrogen and oxygen atoms in total. The average molecular weight is 316 g/mol. The van der Waals surface area contributed by atoms with Gasteiger partial charge in [-0.2, -0.15) is 10.2 Å². The summed E-state index contributed by atoms with van der Waals surface area (Å²) in [7, 11) is 1.95. The van der Waals surface area contributed by atoms with Gasteiger partial charge in [0.1, 0.15) is 5.69 Å². The molecule has 0 saturated carbocycles. The number of carbonyl (C=O) groups excluding carboxylic acids is 1. The molecule has 0 aromatic carbocycles. The summed E-state index contributed by atoms with van der Waals surface area (Å²) in [5.74, 6) is 0.0848. The molecular weight excluding hydrogens is 292 g/mol. The van der Waals surface area contributed by atoms with E-state index in [0.29, 0.717) is 12.2 Å². The molecule has 7 heteroatoms. The van der Waals surface area contributed by atoms with Gasteiger partial charge in [0.05, 0.1) is 5.69 Å². The maximum atomic E-state index is 12.6. The second-order valence-corrected chi connectivity index (χ2v) is 6.01. The molecule has 0 N–H and O–H groups in total. The predicted molar refractivity (Wildman–Crippen MR) is 87.0 cm³/mol. The summed E-state index contributed by atoms with van der Waals surface area (Å²) < 4.78 is 3.62. The fourth-order valence-corrected chi connectivity index (χ4v) is 3.08. The van der Waals surface area contributed by atoms with Crippen LogP contribution >= 0.6 is 0 Å². The maximum absolute atomic E-state index is 12.6. The van der Waals surface area contributed by atoms with Crippen molar-refractivity contribution in [1.29, 1.82) is 0 Å². The summed E-state index contributed by atoms with van der Waals surface area (Å²) >= 11 is 0. The Bertz CT molecular complexity index is 681. The third-order valence-corrected chi connectivity index (χ3v) is 4.40. The first-order valence-corrected chi connectivity index (χ1v) is 8.11. The molecule has 0 unspecified atom stereocenters. The van der Waals surface area contributed by atoms with E-state index >= 15 is 0 Å². The smallest absolute Gasteiger partial charge is 0.272 e. The Morgan fingerprint density at radius 3 is 2.61 bits per heavy atom. The van der Waals surface area contributed by atoms with E-state index in [1.165, 1.54) is 5.56 Å². The number of hydrogen-bond acceptors (Lipinski definition) is 4. The first-order valence-electron chi connectivity index (χ1n) is 8.11.